The molecule has 0 spiro atoms. The molecule has 3 rings (SSSR count). The molecule has 0 aromatic heterocycles. The summed E-state index contributed by atoms with van der Waals surface area (Å²) in [5.74, 6) is -0.539. The molecule has 2 aromatic carbocycles. The maximum atomic E-state index is 12.7. The summed E-state index contributed by atoms with van der Waals surface area (Å²) in [7, 11) is -7.26. The molecule has 0 unspecified atom stereocenters. The van der Waals surface area contributed by atoms with Crippen LogP contribution in [0.4, 0.5) is 11.4 Å². The van der Waals surface area contributed by atoms with Crippen LogP contribution in [0.5, 0.6) is 0 Å². The zero-order valence-corrected chi connectivity index (χ0v) is 21.1. The van der Waals surface area contributed by atoms with E-state index in [1.54, 1.807) is 18.2 Å². The number of carbonyl (C=O) groups excluding carboxylic acids is 1. The summed E-state index contributed by atoms with van der Waals surface area (Å²) in [4.78, 5) is 12.7. The van der Waals surface area contributed by atoms with E-state index in [4.69, 9.17) is 0 Å². The second kappa shape index (κ2) is 9.90. The fourth-order valence-corrected chi connectivity index (χ4v) is 6.09. The van der Waals surface area contributed by atoms with Crippen LogP contribution in [0.25, 0.3) is 0 Å². The molecule has 2 aromatic rings. The number of rotatable bonds is 7. The number of carbonyl (C=O) groups is 1. The molecule has 11 heteroatoms. The molecule has 0 radical (unpaired) electrons. The molecule has 0 bridgehead atoms. The van der Waals surface area contributed by atoms with Gasteiger partial charge in [0.1, 0.15) is 6.54 Å². The number of halogens is 1. The first-order chi connectivity index (χ1) is 15.0. The lowest BCUT2D eigenvalue weighted by Crippen LogP contribution is -2.37. The van der Waals surface area contributed by atoms with Gasteiger partial charge in [0.25, 0.3) is 0 Å². The van der Waals surface area contributed by atoms with E-state index in [2.05, 4.69) is 21.2 Å². The average molecular weight is 544 g/mol. The predicted octanol–water partition coefficient (Wildman–Crippen LogP) is 3.34. The van der Waals surface area contributed by atoms with Gasteiger partial charge in [-0.05, 0) is 67.8 Å². The molecule has 8 nitrogen and oxygen atoms in total. The second-order valence-electron chi connectivity index (χ2n) is 7.74. The number of aryl methyl sites for hydroxylation is 1. The van der Waals surface area contributed by atoms with E-state index in [0.717, 1.165) is 39.9 Å². The molecule has 0 atom stereocenters. The Morgan fingerprint density at radius 2 is 1.66 bits per heavy atom. The molecule has 1 saturated heterocycles. The van der Waals surface area contributed by atoms with Gasteiger partial charge in [0.15, 0.2) is 0 Å². The molecule has 174 valence electrons. The minimum atomic E-state index is -3.70. The summed E-state index contributed by atoms with van der Waals surface area (Å²) in [6, 6.07) is 10.9. The number of nitrogens with zero attached hydrogens (tertiary/aromatic N) is 2. The summed E-state index contributed by atoms with van der Waals surface area (Å²) in [6.07, 6.45) is 3.77. The third-order valence-electron chi connectivity index (χ3n) is 5.21. The van der Waals surface area contributed by atoms with Gasteiger partial charge >= 0.3 is 0 Å². The predicted molar refractivity (Wildman–Crippen MR) is 129 cm³/mol. The normalized spacial score (nSPS) is 15.3. The van der Waals surface area contributed by atoms with Gasteiger partial charge < -0.3 is 5.32 Å². The number of anilines is 2. The van der Waals surface area contributed by atoms with Crippen LogP contribution in [0.3, 0.4) is 0 Å². The van der Waals surface area contributed by atoms with Gasteiger partial charge in [0, 0.05) is 23.2 Å². The van der Waals surface area contributed by atoms with Gasteiger partial charge in [0.05, 0.1) is 16.8 Å². The van der Waals surface area contributed by atoms with Gasteiger partial charge in [-0.1, -0.05) is 22.4 Å². The van der Waals surface area contributed by atoms with Crippen molar-refractivity contribution >= 4 is 53.3 Å². The topological polar surface area (TPSA) is 104 Å². The second-order valence-corrected chi connectivity index (χ2v) is 12.4. The summed E-state index contributed by atoms with van der Waals surface area (Å²) in [5.41, 5.74) is 1.60. The van der Waals surface area contributed by atoms with E-state index < -0.39 is 32.5 Å². The first-order valence-electron chi connectivity index (χ1n) is 10.1. The van der Waals surface area contributed by atoms with Crippen LogP contribution in [0, 0.1) is 6.92 Å². The van der Waals surface area contributed by atoms with Crippen LogP contribution in [0.15, 0.2) is 51.8 Å². The van der Waals surface area contributed by atoms with Crippen LogP contribution >= 0.6 is 15.9 Å². The third kappa shape index (κ3) is 5.89. The van der Waals surface area contributed by atoms with Crippen molar-refractivity contribution in [2.75, 3.05) is 35.5 Å². The zero-order chi connectivity index (χ0) is 23.5. The average Bonchev–Trinajstić information content (AvgIpc) is 2.74. The Hall–Kier alpha value is -1.95. The van der Waals surface area contributed by atoms with Crippen molar-refractivity contribution in [1.29, 1.82) is 0 Å². The van der Waals surface area contributed by atoms with Gasteiger partial charge in [-0.3, -0.25) is 9.10 Å². The van der Waals surface area contributed by atoms with Crippen LogP contribution in [0.2, 0.25) is 0 Å². The molecular weight excluding hydrogens is 518 g/mol. The summed E-state index contributed by atoms with van der Waals surface area (Å²) < 4.78 is 53.4. The molecule has 0 saturated carbocycles. The fraction of sp³-hybridized carbons (Fsp3) is 0.381. The molecule has 32 heavy (non-hydrogen) atoms. The van der Waals surface area contributed by atoms with Crippen LogP contribution in [0.1, 0.15) is 24.8 Å². The standard InChI is InChI=1S/C21H26BrN3O5S2/c1-16-14-18(8-11-20(16)22)25(31(2,27)28)15-21(26)23-17-6-9-19(10-7-17)32(29,30)24-12-4-3-5-13-24/h6-11,14H,3-5,12-13,15H2,1-2H3,(H,23,26). The number of hydrogen-bond acceptors (Lipinski definition) is 5. The summed E-state index contributed by atoms with van der Waals surface area (Å²) in [6.45, 7) is 2.44. The lowest BCUT2D eigenvalue weighted by atomic mass is 10.2. The first-order valence-corrected chi connectivity index (χ1v) is 14.2. The fourth-order valence-electron chi connectivity index (χ4n) is 3.48. The van der Waals surface area contributed by atoms with E-state index in [1.165, 1.54) is 28.6 Å². The first kappa shape index (κ1) is 24.7. The van der Waals surface area contributed by atoms with E-state index in [9.17, 15) is 21.6 Å². The molecule has 1 aliphatic heterocycles. The number of piperidine rings is 1. The van der Waals surface area contributed by atoms with Crippen LogP contribution in [-0.4, -0.2) is 52.9 Å². The Labute approximate surface area is 197 Å². The third-order valence-corrected chi connectivity index (χ3v) is 9.15. The Morgan fingerprint density at radius 1 is 1.03 bits per heavy atom. The minimum Gasteiger partial charge on any atom is -0.325 e. The van der Waals surface area contributed by atoms with Gasteiger partial charge in [-0.15, -0.1) is 0 Å². The minimum absolute atomic E-state index is 0.167. The van der Waals surface area contributed by atoms with Crippen molar-refractivity contribution in [1.82, 2.24) is 4.31 Å². The van der Waals surface area contributed by atoms with E-state index in [-0.39, 0.29) is 4.90 Å². The zero-order valence-electron chi connectivity index (χ0n) is 17.9. The van der Waals surface area contributed by atoms with Crippen molar-refractivity contribution in [3.05, 3.63) is 52.5 Å². The molecule has 0 aliphatic carbocycles. The monoisotopic (exact) mass is 543 g/mol. The maximum absolute atomic E-state index is 12.7. The van der Waals surface area contributed by atoms with Crippen molar-refractivity contribution in [3.8, 4) is 0 Å². The van der Waals surface area contributed by atoms with Crippen molar-refractivity contribution < 1.29 is 21.6 Å². The van der Waals surface area contributed by atoms with Crippen LogP contribution < -0.4 is 9.62 Å². The highest BCUT2D eigenvalue weighted by molar-refractivity contribution is 9.10. The largest absolute Gasteiger partial charge is 0.325 e. The van der Waals surface area contributed by atoms with Crippen molar-refractivity contribution in [2.45, 2.75) is 31.1 Å². The van der Waals surface area contributed by atoms with E-state index >= 15 is 0 Å². The Morgan fingerprint density at radius 3 is 2.22 bits per heavy atom. The maximum Gasteiger partial charge on any atom is 0.245 e. The highest BCUT2D eigenvalue weighted by atomic mass is 79.9. The lowest BCUT2D eigenvalue weighted by Gasteiger charge is -2.26. The van der Waals surface area contributed by atoms with Gasteiger partial charge in [-0.25, -0.2) is 16.8 Å². The van der Waals surface area contributed by atoms with Gasteiger partial charge in [0.2, 0.25) is 26.0 Å². The lowest BCUT2D eigenvalue weighted by molar-refractivity contribution is -0.114. The number of nitrogens with one attached hydrogen (secondary N) is 1. The molecule has 1 aliphatic rings. The van der Waals surface area contributed by atoms with E-state index in [1.807, 2.05) is 6.92 Å². The molecule has 1 amide bonds. The van der Waals surface area contributed by atoms with Crippen molar-refractivity contribution in [3.63, 3.8) is 0 Å². The highest BCUT2D eigenvalue weighted by Gasteiger charge is 2.26. The SMILES string of the molecule is Cc1cc(N(CC(=O)Nc2ccc(S(=O)(=O)N3CCCCC3)cc2)S(C)(=O)=O)ccc1Br. The van der Waals surface area contributed by atoms with Gasteiger partial charge in [-0.2, -0.15) is 4.31 Å². The van der Waals surface area contributed by atoms with Crippen molar-refractivity contribution in [2.24, 2.45) is 0 Å². The molecular formula is C21H26BrN3O5S2. The number of amides is 1. The van der Waals surface area contributed by atoms with E-state index in [0.29, 0.717) is 24.5 Å². The van der Waals surface area contributed by atoms with Crippen LogP contribution in [-0.2, 0) is 24.8 Å². The Kier molecular flexibility index (Phi) is 7.64. The molecule has 1 heterocycles. The Balaban J connectivity index is 1.72. The molecule has 1 N–H and O–H groups in total. The number of benzene rings is 2. The number of sulfonamides is 2. The summed E-state index contributed by atoms with van der Waals surface area (Å²) >= 11 is 3.38. The smallest absolute Gasteiger partial charge is 0.245 e. The number of hydrogen-bond donors (Lipinski definition) is 1. The molecule has 1 fully saturated rings. The quantitative estimate of drug-likeness (QED) is 0.576. The Bertz CT molecular complexity index is 1190. The highest BCUT2D eigenvalue weighted by Crippen LogP contribution is 2.25. The summed E-state index contributed by atoms with van der Waals surface area (Å²) in [5, 5.41) is 2.64.